The van der Waals surface area contributed by atoms with E-state index in [9.17, 15) is 0 Å². The summed E-state index contributed by atoms with van der Waals surface area (Å²) in [4.78, 5) is 0. The number of rotatable bonds is 18. The van der Waals surface area contributed by atoms with Crippen molar-refractivity contribution in [2.45, 2.75) is 140 Å². The van der Waals surface area contributed by atoms with Crippen LogP contribution in [0.3, 0.4) is 0 Å². The minimum Gasteiger partial charge on any atom is -0.0991 e. The molecule has 89 heavy (non-hydrogen) atoms. The van der Waals surface area contributed by atoms with E-state index < -0.39 is 0 Å². The molecule has 0 atom stereocenters. The molecule has 0 amide bonds. The van der Waals surface area contributed by atoms with Crippen molar-refractivity contribution in [1.82, 2.24) is 0 Å². The monoisotopic (exact) mass is 1170 g/mol. The molecule has 9 rings (SSSR count). The number of hydrogen-bond donors (Lipinski definition) is 0. The summed E-state index contributed by atoms with van der Waals surface area (Å²) in [6.45, 7) is 44.0. The van der Waals surface area contributed by atoms with E-state index in [2.05, 4.69) is 313 Å². The first-order chi connectivity index (χ1) is 43.2. The Morgan fingerprint density at radius 2 is 1.19 bits per heavy atom. The third-order valence-corrected chi connectivity index (χ3v) is 15.7. The first-order valence-electron chi connectivity index (χ1n) is 32.7. The Labute approximate surface area is 542 Å². The molecule has 0 saturated heterocycles. The maximum atomic E-state index is 4.32. The van der Waals surface area contributed by atoms with Gasteiger partial charge in [-0.15, -0.1) is 0 Å². The zero-order valence-electron chi connectivity index (χ0n) is 56.8. The summed E-state index contributed by atoms with van der Waals surface area (Å²) >= 11 is 0. The number of benzene rings is 5. The molecule has 0 spiro atoms. The molecule has 4 aliphatic carbocycles. The van der Waals surface area contributed by atoms with Gasteiger partial charge in [-0.25, -0.2) is 0 Å². The summed E-state index contributed by atoms with van der Waals surface area (Å²) < 4.78 is 0. The van der Waals surface area contributed by atoms with Crippen LogP contribution in [0, 0.1) is 25.2 Å². The van der Waals surface area contributed by atoms with E-state index in [-0.39, 0.29) is 10.8 Å². The van der Waals surface area contributed by atoms with E-state index in [1.54, 1.807) is 0 Å². The molecule has 0 bridgehead atoms. The van der Waals surface area contributed by atoms with Crippen molar-refractivity contribution in [3.63, 3.8) is 0 Å². The second-order valence-corrected chi connectivity index (χ2v) is 23.2. The van der Waals surface area contributed by atoms with Crippen LogP contribution in [0.25, 0.3) is 11.1 Å². The lowest BCUT2D eigenvalue weighted by atomic mass is 9.64. The molecule has 4 aliphatic rings. The highest BCUT2D eigenvalue weighted by Gasteiger charge is 2.47. The van der Waals surface area contributed by atoms with E-state index in [1.807, 2.05) is 70.2 Å². The quantitative estimate of drug-likeness (QED) is 0.0767. The van der Waals surface area contributed by atoms with Crippen LogP contribution in [0.2, 0.25) is 0 Å². The topological polar surface area (TPSA) is 0 Å². The standard InChI is InChI=1S/C31H40.C27H26.C20H20.C7H8.2C2H6/c1-8-9-13-28(29-19-21-31(6,7)22-20-29)18-17-27(23-24(2)3)16-15-26(5)30-14-11-10-12-25(30)4;1-3-5-18-23-24-19-12-13-20-26(24)27(25(23)4-2,21-14-8-6-9-15-21)22-16-10-7-11-17-22;1-4-17(19-9-7-6-8-10-19)15-18(5-2)20-13-11-16(3)12-14-20;1-7-5-3-2-4-6-7;2*1-2/h8-9,11,13-16,18-21,23-24H,1,5,10,12,17,22H2,2-4,6-7H3;4-12,14-19H,2-3,13,20H2,1H3;4-15H,2H2,1,3H3;2-6H,1H3;2*1-2H3/b13-9-,16-15-,27-23+,28-18+;18-5-;17-4+,18-15+;;;. The lowest BCUT2D eigenvalue weighted by molar-refractivity contribution is 0.482. The maximum absolute atomic E-state index is 4.32. The summed E-state index contributed by atoms with van der Waals surface area (Å²) in [5, 5.41) is 0. The van der Waals surface area contributed by atoms with Gasteiger partial charge in [-0.05, 0) is 174 Å². The fraction of sp³-hybridized carbons (Fsp3) is 0.258. The average Bonchev–Trinajstić information content (AvgIpc) is 1.62. The summed E-state index contributed by atoms with van der Waals surface area (Å²) in [5.74, 6) is 0.499. The minimum atomic E-state index is -0.252. The van der Waals surface area contributed by atoms with Crippen molar-refractivity contribution in [1.29, 1.82) is 0 Å². The zero-order chi connectivity index (χ0) is 65.0. The number of aryl methyl sites for hydroxylation is 2. The third-order valence-electron chi connectivity index (χ3n) is 15.7. The molecule has 0 aromatic heterocycles. The van der Waals surface area contributed by atoms with Gasteiger partial charge < -0.3 is 0 Å². The van der Waals surface area contributed by atoms with E-state index >= 15 is 0 Å². The highest BCUT2D eigenvalue weighted by atomic mass is 14.5. The third kappa shape index (κ3) is 21.9. The van der Waals surface area contributed by atoms with Crippen molar-refractivity contribution in [2.75, 3.05) is 0 Å². The Hall–Kier alpha value is -8.58. The lowest BCUT2D eigenvalue weighted by Gasteiger charge is -2.37. The lowest BCUT2D eigenvalue weighted by Crippen LogP contribution is -2.30. The molecule has 5 aromatic rings. The van der Waals surface area contributed by atoms with Crippen molar-refractivity contribution in [2.24, 2.45) is 11.3 Å². The van der Waals surface area contributed by atoms with Crippen LogP contribution in [-0.4, -0.2) is 0 Å². The fourth-order valence-electron chi connectivity index (χ4n) is 11.2. The van der Waals surface area contributed by atoms with Crippen LogP contribution in [0.15, 0.2) is 349 Å². The van der Waals surface area contributed by atoms with Gasteiger partial charge in [0.15, 0.2) is 0 Å². The van der Waals surface area contributed by atoms with Gasteiger partial charge in [-0.1, -0.05) is 366 Å². The number of allylic oxidation sites excluding steroid dienone is 32. The second kappa shape index (κ2) is 39.3. The Kier molecular flexibility index (Phi) is 32.2. The Morgan fingerprint density at radius 1 is 0.629 bits per heavy atom. The SMILES string of the molecule is C=C/C(=C\C(=C/C)c1ccccc1)c1ccc(C)cc1.C=C/C=C\C(=C/CC(/C=C\C(=C)C1=C(C)CCC=C1)=C/C(C)C)C1=CCC(C)(C)C=C1.C=CC1=C(/C=C\CC)C2=C(CCC=C2)C1(c1ccccc1)c1ccccc1.CC.CC.Cc1ccccc1. The first kappa shape index (κ1) is 72.9. The highest BCUT2D eigenvalue weighted by Crippen LogP contribution is 2.56. The maximum Gasteiger partial charge on any atom is 0.0676 e. The van der Waals surface area contributed by atoms with Gasteiger partial charge in [0, 0.05) is 0 Å². The van der Waals surface area contributed by atoms with Crippen LogP contribution >= 0.6 is 0 Å². The highest BCUT2D eigenvalue weighted by molar-refractivity contribution is 5.87. The van der Waals surface area contributed by atoms with Crippen LogP contribution in [0.5, 0.6) is 0 Å². The van der Waals surface area contributed by atoms with Crippen LogP contribution in [-0.2, 0) is 5.41 Å². The first-order valence-corrected chi connectivity index (χ1v) is 32.7. The Morgan fingerprint density at radius 3 is 1.70 bits per heavy atom. The zero-order valence-corrected chi connectivity index (χ0v) is 56.8. The van der Waals surface area contributed by atoms with Crippen LogP contribution < -0.4 is 0 Å². The molecule has 0 heteroatoms. The Bertz CT molecular complexity index is 3450. The van der Waals surface area contributed by atoms with E-state index in [0.29, 0.717) is 5.92 Å². The van der Waals surface area contributed by atoms with E-state index in [4.69, 9.17) is 0 Å². The van der Waals surface area contributed by atoms with Gasteiger partial charge in [0.2, 0.25) is 0 Å². The number of hydrogen-bond acceptors (Lipinski definition) is 0. The van der Waals surface area contributed by atoms with Gasteiger partial charge in [-0.3, -0.25) is 0 Å². The van der Waals surface area contributed by atoms with Crippen molar-refractivity contribution in [3.05, 3.63) is 383 Å². The molecule has 0 aliphatic heterocycles. The van der Waals surface area contributed by atoms with Crippen molar-refractivity contribution in [3.8, 4) is 0 Å². The summed E-state index contributed by atoms with van der Waals surface area (Å²) in [5.41, 5.74) is 23.2. The van der Waals surface area contributed by atoms with E-state index in [1.165, 1.54) is 89.1 Å². The van der Waals surface area contributed by atoms with Crippen LogP contribution in [0.1, 0.15) is 154 Å². The summed E-state index contributed by atoms with van der Waals surface area (Å²) in [6.07, 6.45) is 51.5. The Balaban J connectivity index is 0.000000266. The molecule has 0 fully saturated rings. The van der Waals surface area contributed by atoms with Gasteiger partial charge in [-0.2, -0.15) is 0 Å². The average molecular weight is 1180 g/mol. The molecule has 0 unspecified atom stereocenters. The van der Waals surface area contributed by atoms with Gasteiger partial charge in [0.1, 0.15) is 0 Å². The molecular weight excluding hydrogens is 1070 g/mol. The molecule has 462 valence electrons. The summed E-state index contributed by atoms with van der Waals surface area (Å²) in [6, 6.07) is 51.1. The molecule has 0 N–H and O–H groups in total. The van der Waals surface area contributed by atoms with Crippen LogP contribution in [0.4, 0.5) is 0 Å². The minimum absolute atomic E-state index is 0.239. The fourth-order valence-corrected chi connectivity index (χ4v) is 11.2. The molecular formula is C89H106. The van der Waals surface area contributed by atoms with Crippen molar-refractivity contribution < 1.29 is 0 Å². The molecule has 0 nitrogen and oxygen atoms in total. The predicted molar refractivity (Wildman–Crippen MR) is 399 cm³/mol. The van der Waals surface area contributed by atoms with Gasteiger partial charge in [0.05, 0.1) is 5.41 Å². The largest absolute Gasteiger partial charge is 0.0991 e. The smallest absolute Gasteiger partial charge is 0.0676 e. The molecule has 0 heterocycles. The second-order valence-electron chi connectivity index (χ2n) is 23.2. The van der Waals surface area contributed by atoms with E-state index in [0.717, 1.165) is 56.1 Å². The summed E-state index contributed by atoms with van der Waals surface area (Å²) in [7, 11) is 0. The molecule has 5 aromatic carbocycles. The van der Waals surface area contributed by atoms with Crippen molar-refractivity contribution >= 4 is 11.1 Å². The molecule has 0 saturated carbocycles. The van der Waals surface area contributed by atoms with Gasteiger partial charge >= 0.3 is 0 Å². The normalized spacial score (nSPS) is 16.0. The molecule has 0 radical (unpaired) electrons. The predicted octanol–water partition coefficient (Wildman–Crippen LogP) is 26.1. The van der Waals surface area contributed by atoms with Gasteiger partial charge in [0.25, 0.3) is 0 Å².